The minimum Gasteiger partial charge on any atom is -0.493 e. The number of hydrogen-bond acceptors (Lipinski definition) is 3. The molecule has 0 atom stereocenters. The third-order valence-corrected chi connectivity index (χ3v) is 2.84. The summed E-state index contributed by atoms with van der Waals surface area (Å²) in [5, 5.41) is 0. The molecule has 4 heteroatoms. The standard InChI is InChI=1S/C15H13FO3/c1-18-14-7-11(9-17)13(8-15(14)19-2)10-3-5-12(16)6-4-10/h3-9H,1-2H3. The lowest BCUT2D eigenvalue weighted by Gasteiger charge is -2.12. The van der Waals surface area contributed by atoms with Crippen LogP contribution in [0.1, 0.15) is 10.4 Å². The van der Waals surface area contributed by atoms with E-state index in [1.807, 2.05) is 0 Å². The number of aldehydes is 1. The van der Waals surface area contributed by atoms with Crippen LogP contribution in [-0.4, -0.2) is 20.5 Å². The van der Waals surface area contributed by atoms with E-state index in [-0.39, 0.29) is 5.82 Å². The molecular weight excluding hydrogens is 247 g/mol. The summed E-state index contributed by atoms with van der Waals surface area (Å²) in [7, 11) is 3.02. The Morgan fingerprint density at radius 1 is 1.00 bits per heavy atom. The molecule has 3 nitrogen and oxygen atoms in total. The molecule has 2 aromatic rings. The minimum atomic E-state index is -0.322. The molecule has 0 saturated heterocycles. The lowest BCUT2D eigenvalue weighted by atomic mass is 9.99. The Morgan fingerprint density at radius 3 is 2.11 bits per heavy atom. The lowest BCUT2D eigenvalue weighted by molar-refractivity contribution is 0.112. The topological polar surface area (TPSA) is 35.5 Å². The first-order chi connectivity index (χ1) is 9.19. The maximum absolute atomic E-state index is 12.9. The quantitative estimate of drug-likeness (QED) is 0.791. The second-order valence-corrected chi connectivity index (χ2v) is 3.92. The molecule has 2 aromatic carbocycles. The molecule has 0 unspecified atom stereocenters. The number of benzene rings is 2. The molecule has 2 rings (SSSR count). The first kappa shape index (κ1) is 13.1. The molecule has 0 heterocycles. The van der Waals surface area contributed by atoms with Crippen molar-refractivity contribution in [3.63, 3.8) is 0 Å². The van der Waals surface area contributed by atoms with Gasteiger partial charge in [0.2, 0.25) is 0 Å². The largest absolute Gasteiger partial charge is 0.493 e. The van der Waals surface area contributed by atoms with Crippen molar-refractivity contribution < 1.29 is 18.7 Å². The number of halogens is 1. The van der Waals surface area contributed by atoms with Gasteiger partial charge in [-0.2, -0.15) is 0 Å². The second-order valence-electron chi connectivity index (χ2n) is 3.92. The van der Waals surface area contributed by atoms with E-state index < -0.39 is 0 Å². The fourth-order valence-electron chi connectivity index (χ4n) is 1.87. The smallest absolute Gasteiger partial charge is 0.161 e. The van der Waals surface area contributed by atoms with E-state index in [0.717, 1.165) is 11.8 Å². The Hall–Kier alpha value is -2.36. The number of carbonyl (C=O) groups is 1. The Morgan fingerprint density at radius 2 is 1.58 bits per heavy atom. The predicted octanol–water partition coefficient (Wildman–Crippen LogP) is 3.32. The summed E-state index contributed by atoms with van der Waals surface area (Å²) in [6.45, 7) is 0. The molecule has 0 aliphatic rings. The van der Waals surface area contributed by atoms with Gasteiger partial charge in [0.1, 0.15) is 5.82 Å². The molecule has 0 spiro atoms. The summed E-state index contributed by atoms with van der Waals surface area (Å²) in [5.41, 5.74) is 1.88. The number of ether oxygens (including phenoxy) is 2. The highest BCUT2D eigenvalue weighted by Crippen LogP contribution is 2.35. The van der Waals surface area contributed by atoms with Gasteiger partial charge in [0.15, 0.2) is 17.8 Å². The minimum absolute atomic E-state index is 0.322. The molecule has 0 radical (unpaired) electrons. The molecule has 0 bridgehead atoms. The lowest BCUT2D eigenvalue weighted by Crippen LogP contribution is -1.95. The van der Waals surface area contributed by atoms with Gasteiger partial charge in [0.25, 0.3) is 0 Å². The van der Waals surface area contributed by atoms with Crippen molar-refractivity contribution in [3.8, 4) is 22.6 Å². The summed E-state index contributed by atoms with van der Waals surface area (Å²) < 4.78 is 23.3. The highest BCUT2D eigenvalue weighted by Gasteiger charge is 2.12. The molecule has 0 saturated carbocycles. The van der Waals surface area contributed by atoms with Crippen LogP contribution in [0.2, 0.25) is 0 Å². The zero-order valence-electron chi connectivity index (χ0n) is 10.6. The summed E-state index contributed by atoms with van der Waals surface area (Å²) >= 11 is 0. The number of rotatable bonds is 4. The number of methoxy groups -OCH3 is 2. The molecule has 0 aliphatic carbocycles. The van der Waals surface area contributed by atoms with Gasteiger partial charge in [-0.1, -0.05) is 12.1 Å². The fraction of sp³-hybridized carbons (Fsp3) is 0.133. The van der Waals surface area contributed by atoms with Gasteiger partial charge in [0, 0.05) is 5.56 Å². The van der Waals surface area contributed by atoms with Gasteiger partial charge in [-0.25, -0.2) is 4.39 Å². The van der Waals surface area contributed by atoms with Crippen LogP contribution in [-0.2, 0) is 0 Å². The van der Waals surface area contributed by atoms with E-state index >= 15 is 0 Å². The normalized spacial score (nSPS) is 10.1. The van der Waals surface area contributed by atoms with E-state index in [1.54, 1.807) is 24.3 Å². The number of hydrogen-bond donors (Lipinski definition) is 0. The van der Waals surface area contributed by atoms with Crippen molar-refractivity contribution >= 4 is 6.29 Å². The van der Waals surface area contributed by atoms with Crippen LogP contribution in [0.15, 0.2) is 36.4 Å². The van der Waals surface area contributed by atoms with Crippen molar-refractivity contribution in [3.05, 3.63) is 47.8 Å². The number of carbonyl (C=O) groups excluding carboxylic acids is 1. The van der Waals surface area contributed by atoms with Crippen LogP contribution in [0.3, 0.4) is 0 Å². The van der Waals surface area contributed by atoms with Gasteiger partial charge in [-0.05, 0) is 35.4 Å². The van der Waals surface area contributed by atoms with Crippen molar-refractivity contribution in [2.45, 2.75) is 0 Å². The first-order valence-electron chi connectivity index (χ1n) is 5.66. The molecule has 0 N–H and O–H groups in total. The zero-order chi connectivity index (χ0) is 13.8. The monoisotopic (exact) mass is 260 g/mol. The van der Waals surface area contributed by atoms with Crippen molar-refractivity contribution in [2.24, 2.45) is 0 Å². The van der Waals surface area contributed by atoms with E-state index in [2.05, 4.69) is 0 Å². The van der Waals surface area contributed by atoms with E-state index in [9.17, 15) is 9.18 Å². The van der Waals surface area contributed by atoms with Crippen molar-refractivity contribution in [1.82, 2.24) is 0 Å². The zero-order valence-corrected chi connectivity index (χ0v) is 10.6. The maximum atomic E-state index is 12.9. The van der Waals surface area contributed by atoms with Crippen LogP contribution in [0.25, 0.3) is 11.1 Å². The van der Waals surface area contributed by atoms with E-state index in [1.165, 1.54) is 26.4 Å². The maximum Gasteiger partial charge on any atom is 0.161 e. The van der Waals surface area contributed by atoms with Gasteiger partial charge in [-0.3, -0.25) is 4.79 Å². The van der Waals surface area contributed by atoms with Crippen LogP contribution >= 0.6 is 0 Å². The van der Waals surface area contributed by atoms with Gasteiger partial charge in [0.05, 0.1) is 14.2 Å². The van der Waals surface area contributed by atoms with E-state index in [4.69, 9.17) is 9.47 Å². The van der Waals surface area contributed by atoms with Gasteiger partial charge < -0.3 is 9.47 Å². The molecule has 98 valence electrons. The van der Waals surface area contributed by atoms with Crippen LogP contribution < -0.4 is 9.47 Å². The second kappa shape index (κ2) is 5.52. The van der Waals surface area contributed by atoms with Gasteiger partial charge >= 0.3 is 0 Å². The first-order valence-corrected chi connectivity index (χ1v) is 5.66. The summed E-state index contributed by atoms with van der Waals surface area (Å²) in [4.78, 5) is 11.2. The molecule has 0 fully saturated rings. The predicted molar refractivity (Wildman–Crippen MR) is 70.3 cm³/mol. The van der Waals surface area contributed by atoms with Gasteiger partial charge in [-0.15, -0.1) is 0 Å². The summed E-state index contributed by atoms with van der Waals surface area (Å²) in [6.07, 6.45) is 0.737. The summed E-state index contributed by atoms with van der Waals surface area (Å²) in [6, 6.07) is 9.23. The van der Waals surface area contributed by atoms with Crippen LogP contribution in [0.4, 0.5) is 4.39 Å². The van der Waals surface area contributed by atoms with Crippen LogP contribution in [0, 0.1) is 5.82 Å². The molecule has 0 aromatic heterocycles. The average Bonchev–Trinajstić information content (AvgIpc) is 2.46. The third-order valence-electron chi connectivity index (χ3n) is 2.84. The third kappa shape index (κ3) is 2.57. The average molecular weight is 260 g/mol. The fourth-order valence-corrected chi connectivity index (χ4v) is 1.87. The molecule has 0 amide bonds. The Labute approximate surface area is 110 Å². The van der Waals surface area contributed by atoms with E-state index in [0.29, 0.717) is 22.6 Å². The van der Waals surface area contributed by atoms with Crippen molar-refractivity contribution in [2.75, 3.05) is 14.2 Å². The SMILES string of the molecule is COc1cc(C=O)c(-c2ccc(F)cc2)cc1OC. The Bertz CT molecular complexity index is 591. The molecular formula is C15H13FO3. The highest BCUT2D eigenvalue weighted by molar-refractivity contribution is 5.89. The molecule has 19 heavy (non-hydrogen) atoms. The molecule has 0 aliphatic heterocycles. The summed E-state index contributed by atoms with van der Waals surface area (Å²) in [5.74, 6) is 0.680. The highest BCUT2D eigenvalue weighted by atomic mass is 19.1. The Balaban J connectivity index is 2.61. The van der Waals surface area contributed by atoms with Crippen LogP contribution in [0.5, 0.6) is 11.5 Å². The Kier molecular flexibility index (Phi) is 3.80. The van der Waals surface area contributed by atoms with Crippen molar-refractivity contribution in [1.29, 1.82) is 0 Å².